The Labute approximate surface area is 381 Å². The molecule has 1 saturated heterocycles. The van der Waals surface area contributed by atoms with E-state index in [0.29, 0.717) is 35.0 Å². The van der Waals surface area contributed by atoms with Crippen molar-refractivity contribution in [2.75, 3.05) is 38.7 Å². The molecule has 4 N–H and O–H groups in total. The minimum atomic E-state index is -4.08. The van der Waals surface area contributed by atoms with Gasteiger partial charge in [-0.3, -0.25) is 33.5 Å². The summed E-state index contributed by atoms with van der Waals surface area (Å²) in [5.41, 5.74) is -0.511. The van der Waals surface area contributed by atoms with Gasteiger partial charge in [-0.05, 0) is 96.4 Å². The summed E-state index contributed by atoms with van der Waals surface area (Å²) in [4.78, 5) is 67.9. The normalized spacial score (nSPS) is 22.2. The number of aliphatic imine (C=N–C) groups is 1. The molecule has 3 fully saturated rings. The van der Waals surface area contributed by atoms with Gasteiger partial charge in [-0.25, -0.2) is 14.3 Å². The van der Waals surface area contributed by atoms with Gasteiger partial charge in [-0.1, -0.05) is 26.8 Å². The van der Waals surface area contributed by atoms with E-state index in [-0.39, 0.29) is 44.7 Å². The highest BCUT2D eigenvalue weighted by atomic mass is 32.1. The van der Waals surface area contributed by atoms with Crippen molar-refractivity contribution >= 4 is 59.5 Å². The Bertz CT molecular complexity index is 2070. The molecule has 3 aliphatic rings. The molecule has 2 aliphatic carbocycles. The number of aromatic nitrogens is 1. The Hall–Kier alpha value is -4.77. The third kappa shape index (κ3) is 12.7. The SMILES string of the molecule is C=C[C@@H]1C[C@]1(NC(=O)[C@@H]1C[C@@H](O/C(=C/C(=N\CC)c2csc(NC(C)C)n2)c2ccc(OC)cc2)CN1C(=O)[C@@H](NC(=O)OC1CCCC1)C(C)(C)C)C(=O)NP(=O)(OCC)OCC. The van der Waals surface area contributed by atoms with Gasteiger partial charge in [0, 0.05) is 41.9 Å². The number of carbonyl (C=O) groups is 4. The first kappa shape index (κ1) is 50.2. The van der Waals surface area contributed by atoms with Gasteiger partial charge in [0.05, 0.1) is 32.6 Å². The van der Waals surface area contributed by atoms with Crippen molar-refractivity contribution in [2.45, 2.75) is 130 Å². The Morgan fingerprint density at radius 1 is 1.05 bits per heavy atom. The van der Waals surface area contributed by atoms with Crippen LogP contribution in [0.3, 0.4) is 0 Å². The largest absolute Gasteiger partial charge is 0.497 e. The topological polar surface area (TPSA) is 208 Å². The minimum Gasteiger partial charge on any atom is -0.497 e. The van der Waals surface area contributed by atoms with Crippen LogP contribution >= 0.6 is 19.1 Å². The van der Waals surface area contributed by atoms with E-state index in [2.05, 4.69) is 27.6 Å². The highest BCUT2D eigenvalue weighted by Crippen LogP contribution is 2.50. The van der Waals surface area contributed by atoms with Gasteiger partial charge >= 0.3 is 13.8 Å². The van der Waals surface area contributed by atoms with Crippen molar-refractivity contribution in [2.24, 2.45) is 16.3 Å². The van der Waals surface area contributed by atoms with E-state index in [1.807, 2.05) is 59.1 Å². The van der Waals surface area contributed by atoms with Gasteiger partial charge in [0.2, 0.25) is 11.8 Å². The predicted octanol–water partition coefficient (Wildman–Crippen LogP) is 7.25. The summed E-state index contributed by atoms with van der Waals surface area (Å²) in [5, 5.41) is 14.1. The molecule has 2 heterocycles. The quantitative estimate of drug-likeness (QED) is 0.0423. The molecule has 0 unspecified atom stereocenters. The average molecular weight is 928 g/mol. The van der Waals surface area contributed by atoms with Gasteiger partial charge in [0.1, 0.15) is 47.0 Å². The molecule has 1 aromatic heterocycles. The number of carbonyl (C=O) groups excluding carboxylic acids is 4. The number of benzene rings is 1. The van der Waals surface area contributed by atoms with Crippen LogP contribution in [0.2, 0.25) is 0 Å². The molecular weight excluding hydrogens is 862 g/mol. The lowest BCUT2D eigenvalue weighted by atomic mass is 9.85. The number of nitrogens with zero attached hydrogens (tertiary/aromatic N) is 3. The smallest absolute Gasteiger partial charge is 0.434 e. The maximum absolute atomic E-state index is 14.9. The number of hydrogen-bond acceptors (Lipinski definition) is 14. The Balaban J connectivity index is 1.52. The van der Waals surface area contributed by atoms with Crippen LogP contribution in [-0.4, -0.2) is 109 Å². The predicted molar refractivity (Wildman–Crippen MR) is 247 cm³/mol. The summed E-state index contributed by atoms with van der Waals surface area (Å²) in [6, 6.07) is 5.15. The molecule has 5 atom stereocenters. The summed E-state index contributed by atoms with van der Waals surface area (Å²) >= 11 is 1.46. The van der Waals surface area contributed by atoms with E-state index in [9.17, 15) is 23.7 Å². The number of nitrogens with one attached hydrogen (secondary N) is 4. The Kier molecular flexibility index (Phi) is 17.2. The van der Waals surface area contributed by atoms with Crippen molar-refractivity contribution in [1.29, 1.82) is 0 Å². The first-order valence-electron chi connectivity index (χ1n) is 22.1. The fourth-order valence-corrected chi connectivity index (χ4v) is 10.0. The third-order valence-electron chi connectivity index (χ3n) is 11.1. The summed E-state index contributed by atoms with van der Waals surface area (Å²) in [5.74, 6) is -1.46. The van der Waals surface area contributed by atoms with Gasteiger partial charge in [0.15, 0.2) is 5.13 Å². The second kappa shape index (κ2) is 21.9. The number of amides is 4. The van der Waals surface area contributed by atoms with Crippen molar-refractivity contribution < 1.29 is 47.0 Å². The molecule has 5 rings (SSSR count). The Morgan fingerprint density at radius 2 is 1.72 bits per heavy atom. The summed E-state index contributed by atoms with van der Waals surface area (Å²) in [7, 11) is -2.50. The molecule has 19 heteroatoms. The van der Waals surface area contributed by atoms with Crippen molar-refractivity contribution in [3.63, 3.8) is 0 Å². The van der Waals surface area contributed by atoms with Gasteiger partial charge in [-0.15, -0.1) is 17.9 Å². The van der Waals surface area contributed by atoms with Gasteiger partial charge < -0.3 is 35.1 Å². The highest BCUT2D eigenvalue weighted by Gasteiger charge is 2.62. The number of ether oxygens (including phenoxy) is 3. The van der Waals surface area contributed by atoms with Crippen LogP contribution in [0.1, 0.15) is 105 Å². The van der Waals surface area contributed by atoms with Crippen molar-refractivity contribution in [3.05, 3.63) is 59.6 Å². The zero-order chi connectivity index (χ0) is 46.8. The number of rotatable bonds is 21. The van der Waals surface area contributed by atoms with E-state index in [0.717, 1.165) is 30.8 Å². The number of likely N-dealkylation sites (tertiary alicyclic amines) is 1. The van der Waals surface area contributed by atoms with Crippen LogP contribution in [-0.2, 0) is 37.5 Å². The molecule has 352 valence electrons. The maximum Gasteiger partial charge on any atom is 0.434 e. The monoisotopic (exact) mass is 927 g/mol. The molecule has 0 radical (unpaired) electrons. The van der Waals surface area contributed by atoms with Crippen molar-refractivity contribution in [3.8, 4) is 5.75 Å². The second-order valence-corrected chi connectivity index (χ2v) is 20.0. The molecule has 2 saturated carbocycles. The lowest BCUT2D eigenvalue weighted by molar-refractivity contribution is -0.143. The Morgan fingerprint density at radius 3 is 2.28 bits per heavy atom. The van der Waals surface area contributed by atoms with Crippen LogP contribution in [0.15, 0.2) is 53.4 Å². The second-order valence-electron chi connectivity index (χ2n) is 17.5. The fourth-order valence-electron chi connectivity index (χ4n) is 7.82. The van der Waals surface area contributed by atoms with Crippen molar-refractivity contribution in [1.82, 2.24) is 25.6 Å². The zero-order valence-corrected chi connectivity index (χ0v) is 40.3. The number of hydrogen-bond donors (Lipinski definition) is 4. The minimum absolute atomic E-state index is 0.000697. The van der Waals surface area contributed by atoms with Crippen LogP contribution in [0.5, 0.6) is 5.75 Å². The summed E-state index contributed by atoms with van der Waals surface area (Å²) < 4.78 is 42.1. The maximum atomic E-state index is 14.9. The molecule has 4 amide bonds. The molecule has 17 nitrogen and oxygen atoms in total. The van der Waals surface area contributed by atoms with Crippen LogP contribution in [0.4, 0.5) is 9.93 Å². The zero-order valence-electron chi connectivity index (χ0n) is 38.6. The molecule has 2 aromatic rings. The molecule has 0 spiro atoms. The molecule has 0 bridgehead atoms. The lowest BCUT2D eigenvalue weighted by Gasteiger charge is -2.35. The fraction of sp³-hybridized carbons (Fsp3) is 0.600. The standard InChI is InChI=1S/C45H66N7O10PS/c1-11-30-25-45(30,41(55)51-63(57,59-13-3)60-14-4)50-39(53)36-23-33(26-52(36)40(54)38(44(7,8)9)49-43(56)62-32-17-15-16-18-32)61-37(29-19-21-31(58-10)22-20-29)24-34(46-12-2)35-27-64-42(48-35)47-28(5)6/h11,19-22,24,27-28,30,32-33,36,38H,1,12-18,23,25-26H2,2-10H3,(H,47,48)(H,49,56)(H,50,53)(H,51,55,57)/b37-24+,46-34+/t30-,33-,36+,38-,45-/m1/s1. The van der Waals surface area contributed by atoms with Crippen LogP contribution in [0, 0.1) is 11.3 Å². The third-order valence-corrected chi connectivity index (χ3v) is 13.6. The van der Waals surface area contributed by atoms with E-state index in [4.69, 9.17) is 33.2 Å². The van der Waals surface area contributed by atoms with Gasteiger partial charge in [0.25, 0.3) is 5.91 Å². The first-order valence-corrected chi connectivity index (χ1v) is 24.5. The summed E-state index contributed by atoms with van der Waals surface area (Å²) in [6.07, 6.45) is 5.14. The molecule has 1 aromatic carbocycles. The number of allylic oxidation sites excluding steroid dienone is 1. The summed E-state index contributed by atoms with van der Waals surface area (Å²) in [6.45, 7) is 18.9. The average Bonchev–Trinajstić information content (AvgIpc) is 3.65. The van der Waals surface area contributed by atoms with Gasteiger partial charge in [-0.2, -0.15) is 0 Å². The molecular formula is C45H66N7O10PS. The van der Waals surface area contributed by atoms with Crippen LogP contribution < -0.4 is 25.8 Å². The van der Waals surface area contributed by atoms with E-state index in [1.165, 1.54) is 22.3 Å². The van der Waals surface area contributed by atoms with E-state index < -0.39 is 66.6 Å². The van der Waals surface area contributed by atoms with E-state index in [1.54, 1.807) is 39.2 Å². The lowest BCUT2D eigenvalue weighted by Crippen LogP contribution is -2.60. The number of anilines is 1. The first-order chi connectivity index (χ1) is 30.4. The molecule has 1 aliphatic heterocycles. The van der Waals surface area contributed by atoms with Crippen LogP contribution in [0.25, 0.3) is 5.76 Å². The number of methoxy groups -OCH3 is 1. The number of thiazole rings is 1. The number of alkyl carbamates (subject to hydrolysis) is 1. The van der Waals surface area contributed by atoms with E-state index >= 15 is 0 Å². The molecule has 64 heavy (non-hydrogen) atoms. The highest BCUT2D eigenvalue weighted by molar-refractivity contribution is 7.52.